The summed E-state index contributed by atoms with van der Waals surface area (Å²) in [5, 5.41) is 1.26. The van der Waals surface area contributed by atoms with Crippen molar-refractivity contribution >= 4 is 16.3 Å². The Bertz CT molecular complexity index is 50.9. The molecule has 0 bridgehead atoms. The standard InChI is InChI=1S/C7H15.Al.2ClH/c1-4-5-6-7(2)3;;;/h7H,2,4-6H2,1,3H3;;2*1H/q;+2;;/p-2. The predicted molar refractivity (Wildman–Crippen MR) is 39.3 cm³/mol. The van der Waals surface area contributed by atoms with Crippen molar-refractivity contribution in [3.8, 4) is 0 Å². The van der Waals surface area contributed by atoms with Gasteiger partial charge in [-0.05, 0) is 0 Å². The second kappa shape index (κ2) is 12.8. The summed E-state index contributed by atoms with van der Waals surface area (Å²) in [5.41, 5.74) is 0. The van der Waals surface area contributed by atoms with Crippen molar-refractivity contribution in [2.45, 2.75) is 38.4 Å². The van der Waals surface area contributed by atoms with Gasteiger partial charge in [-0.25, -0.2) is 0 Å². The second-order valence-electron chi connectivity index (χ2n) is 2.48. The van der Waals surface area contributed by atoms with Gasteiger partial charge in [0.1, 0.15) is 0 Å². The SMILES string of the molecule is CCCCC(C)[CH2][Al+2].[Cl-].[Cl-]. The van der Waals surface area contributed by atoms with Crippen LogP contribution in [0.5, 0.6) is 0 Å². The van der Waals surface area contributed by atoms with Crippen LogP contribution in [-0.2, 0) is 0 Å². The van der Waals surface area contributed by atoms with Gasteiger partial charge in [-0.2, -0.15) is 0 Å². The topological polar surface area (TPSA) is 0 Å². The molecule has 0 aliphatic rings. The Morgan fingerprint density at radius 3 is 2.10 bits per heavy atom. The van der Waals surface area contributed by atoms with Crippen LogP contribution in [0.4, 0.5) is 0 Å². The minimum absolute atomic E-state index is 0. The van der Waals surface area contributed by atoms with Crippen molar-refractivity contribution in [3.05, 3.63) is 0 Å². The van der Waals surface area contributed by atoms with Crippen molar-refractivity contribution in [2.24, 2.45) is 5.92 Å². The van der Waals surface area contributed by atoms with E-state index in [1.807, 2.05) is 0 Å². The summed E-state index contributed by atoms with van der Waals surface area (Å²) in [6.07, 6.45) is 4.14. The maximum Gasteiger partial charge on any atom is -1.00 e. The fourth-order valence-electron chi connectivity index (χ4n) is 0.670. The average Bonchev–Trinajstić information content (AvgIpc) is 1.83. The van der Waals surface area contributed by atoms with E-state index >= 15 is 0 Å². The normalized spacial score (nSPS) is 11.2. The first-order chi connectivity index (χ1) is 3.81. The maximum atomic E-state index is 2.79. The smallest absolute Gasteiger partial charge is 1.00 e. The molecule has 0 aromatic carbocycles. The van der Waals surface area contributed by atoms with Crippen LogP contribution in [0.25, 0.3) is 0 Å². The van der Waals surface area contributed by atoms with Crippen molar-refractivity contribution in [1.82, 2.24) is 0 Å². The molecule has 60 valence electrons. The molecule has 0 heterocycles. The Morgan fingerprint density at radius 1 is 1.30 bits per heavy atom. The van der Waals surface area contributed by atoms with Gasteiger partial charge in [0, 0.05) is 0 Å². The van der Waals surface area contributed by atoms with Gasteiger partial charge in [0.2, 0.25) is 0 Å². The van der Waals surface area contributed by atoms with Crippen LogP contribution < -0.4 is 24.8 Å². The first kappa shape index (κ1) is 17.3. The van der Waals surface area contributed by atoms with Crippen LogP contribution in [0.3, 0.4) is 0 Å². The molecule has 0 aliphatic heterocycles. The van der Waals surface area contributed by atoms with Gasteiger partial charge >= 0.3 is 60.6 Å². The number of hydrogen-bond donors (Lipinski definition) is 0. The minimum atomic E-state index is 0. The molecule has 0 aliphatic carbocycles. The van der Waals surface area contributed by atoms with E-state index in [0.29, 0.717) is 0 Å². The summed E-state index contributed by atoms with van der Waals surface area (Å²) in [6, 6.07) is 0. The molecule has 0 aromatic heterocycles. The van der Waals surface area contributed by atoms with Crippen LogP contribution >= 0.6 is 0 Å². The van der Waals surface area contributed by atoms with Crippen LogP contribution in [-0.4, -0.2) is 16.3 Å². The minimum Gasteiger partial charge on any atom is -1.00 e. The quantitative estimate of drug-likeness (QED) is 0.409. The molecular weight excluding hydrogens is 182 g/mol. The Balaban J connectivity index is -0.000000245. The molecule has 0 amide bonds. The largest absolute Gasteiger partial charge is 1.00 e. The number of hydrogen-bond acceptors (Lipinski definition) is 0. The van der Waals surface area contributed by atoms with Crippen molar-refractivity contribution < 1.29 is 24.8 Å². The molecule has 3 heteroatoms. The molecule has 0 nitrogen and oxygen atoms in total. The Morgan fingerprint density at radius 2 is 1.80 bits per heavy atom. The molecule has 0 radical (unpaired) electrons. The van der Waals surface area contributed by atoms with Gasteiger partial charge in [0.25, 0.3) is 0 Å². The Kier molecular flexibility index (Phi) is 22.0. The summed E-state index contributed by atoms with van der Waals surface area (Å²) < 4.78 is 0. The zero-order valence-electron chi connectivity index (χ0n) is 6.74. The van der Waals surface area contributed by atoms with E-state index in [-0.39, 0.29) is 24.8 Å². The fourth-order valence-corrected chi connectivity index (χ4v) is 0.906. The van der Waals surface area contributed by atoms with Gasteiger partial charge in [-0.3, -0.25) is 0 Å². The Hall–Kier alpha value is 1.11. The average molecular weight is 197 g/mol. The van der Waals surface area contributed by atoms with Crippen molar-refractivity contribution in [2.75, 3.05) is 0 Å². The molecule has 0 saturated heterocycles. The van der Waals surface area contributed by atoms with E-state index in [1.54, 1.807) is 0 Å². The van der Waals surface area contributed by atoms with Gasteiger partial charge in [0.05, 0.1) is 0 Å². The number of unbranched alkanes of at least 4 members (excludes halogenated alkanes) is 1. The van der Waals surface area contributed by atoms with Crippen LogP contribution in [0.2, 0.25) is 5.28 Å². The van der Waals surface area contributed by atoms with E-state index in [0.717, 1.165) is 5.92 Å². The molecule has 0 spiro atoms. The molecule has 10 heavy (non-hydrogen) atoms. The van der Waals surface area contributed by atoms with Gasteiger partial charge in [0.15, 0.2) is 0 Å². The Labute approximate surface area is 85.4 Å². The zero-order chi connectivity index (χ0) is 6.41. The maximum absolute atomic E-state index is 2.79. The van der Waals surface area contributed by atoms with Crippen molar-refractivity contribution in [1.29, 1.82) is 0 Å². The van der Waals surface area contributed by atoms with Crippen LogP contribution in [0.1, 0.15) is 33.1 Å². The van der Waals surface area contributed by atoms with E-state index in [4.69, 9.17) is 0 Å². The van der Waals surface area contributed by atoms with E-state index in [9.17, 15) is 0 Å². The third-order valence-corrected chi connectivity index (χ3v) is 2.26. The summed E-state index contributed by atoms with van der Waals surface area (Å²) in [7, 11) is 0. The van der Waals surface area contributed by atoms with Crippen LogP contribution in [0, 0.1) is 5.92 Å². The van der Waals surface area contributed by atoms with E-state index < -0.39 is 0 Å². The first-order valence-electron chi connectivity index (χ1n) is 3.51. The summed E-state index contributed by atoms with van der Waals surface area (Å²) in [6.45, 7) is 4.55. The number of rotatable bonds is 4. The molecule has 0 aromatic rings. The first-order valence-corrected chi connectivity index (χ1v) is 4.33. The third-order valence-electron chi connectivity index (χ3n) is 1.45. The summed E-state index contributed by atoms with van der Waals surface area (Å²) in [5.74, 6) is 0.917. The molecule has 1 atom stereocenters. The molecule has 1 unspecified atom stereocenters. The third kappa shape index (κ3) is 11.9. The monoisotopic (exact) mass is 196 g/mol. The molecule has 0 rings (SSSR count). The zero-order valence-corrected chi connectivity index (χ0v) is 9.41. The molecular formula is C7H15AlCl2. The second-order valence-corrected chi connectivity index (χ2v) is 2.95. The summed E-state index contributed by atoms with van der Waals surface area (Å²) in [4.78, 5) is 0. The van der Waals surface area contributed by atoms with E-state index in [1.165, 1.54) is 24.5 Å². The fraction of sp³-hybridized carbons (Fsp3) is 1.00. The van der Waals surface area contributed by atoms with Gasteiger partial charge in [-0.15, -0.1) is 0 Å². The predicted octanol–water partition coefficient (Wildman–Crippen LogP) is -3.59. The number of halogens is 2. The van der Waals surface area contributed by atoms with Gasteiger partial charge < -0.3 is 24.8 Å². The molecule has 0 saturated carbocycles. The molecule has 0 fully saturated rings. The van der Waals surface area contributed by atoms with Gasteiger partial charge in [-0.1, -0.05) is 0 Å². The van der Waals surface area contributed by atoms with Crippen molar-refractivity contribution in [3.63, 3.8) is 0 Å². The molecule has 0 N–H and O–H groups in total. The van der Waals surface area contributed by atoms with E-state index in [2.05, 4.69) is 30.1 Å². The van der Waals surface area contributed by atoms with Crippen LogP contribution in [0.15, 0.2) is 0 Å². The summed E-state index contributed by atoms with van der Waals surface area (Å²) >= 11 is 2.79.